The highest BCUT2D eigenvalue weighted by molar-refractivity contribution is 14.1. The molecule has 1 aromatic carbocycles. The van der Waals surface area contributed by atoms with Crippen LogP contribution in [0, 0.1) is 3.57 Å². The maximum atomic E-state index is 12.7. The number of rotatable bonds is 4. The number of nitrogens with two attached hydrogens (primary N) is 1. The molecule has 1 saturated heterocycles. The molecule has 0 unspecified atom stereocenters. The monoisotopic (exact) mass is 403 g/mol. The molecule has 0 spiro atoms. The largest absolute Gasteiger partial charge is 0.507 e. The zero-order valence-electron chi connectivity index (χ0n) is 11.5. The van der Waals surface area contributed by atoms with Gasteiger partial charge >= 0.3 is 0 Å². The fourth-order valence-corrected chi connectivity index (χ4v) is 2.98. The molecule has 0 radical (unpaired) electrons. The second-order valence-electron chi connectivity index (χ2n) is 5.04. The van der Waals surface area contributed by atoms with Crippen molar-refractivity contribution in [2.75, 3.05) is 19.6 Å². The Kier molecular flexibility index (Phi) is 5.40. The van der Waals surface area contributed by atoms with Crippen LogP contribution >= 0.6 is 22.6 Å². The first-order chi connectivity index (χ1) is 9.99. The van der Waals surface area contributed by atoms with E-state index < -0.39 is 5.91 Å². The zero-order valence-corrected chi connectivity index (χ0v) is 13.7. The molecule has 1 aliphatic heterocycles. The Balaban J connectivity index is 2.28. The van der Waals surface area contributed by atoms with E-state index in [0.717, 1.165) is 29.5 Å². The molecule has 7 heteroatoms. The van der Waals surface area contributed by atoms with Crippen LogP contribution in [-0.2, 0) is 4.79 Å². The fourth-order valence-electron chi connectivity index (χ4n) is 2.49. The summed E-state index contributed by atoms with van der Waals surface area (Å²) >= 11 is 2.08. The molecule has 0 bridgehead atoms. The van der Waals surface area contributed by atoms with Gasteiger partial charge in [-0.2, -0.15) is 0 Å². The molecule has 1 aromatic rings. The van der Waals surface area contributed by atoms with Gasteiger partial charge in [0.2, 0.25) is 5.91 Å². The molecule has 1 heterocycles. The first-order valence-electron chi connectivity index (χ1n) is 6.77. The second-order valence-corrected chi connectivity index (χ2v) is 6.29. The minimum absolute atomic E-state index is 0.0384. The van der Waals surface area contributed by atoms with Crippen molar-refractivity contribution < 1.29 is 14.7 Å². The Bertz CT molecular complexity index is 544. The van der Waals surface area contributed by atoms with E-state index in [1.807, 2.05) is 0 Å². The van der Waals surface area contributed by atoms with Crippen LogP contribution in [0.2, 0.25) is 0 Å². The number of phenols is 1. The van der Waals surface area contributed by atoms with Gasteiger partial charge in [-0.1, -0.05) is 0 Å². The van der Waals surface area contributed by atoms with Crippen molar-refractivity contribution in [3.8, 4) is 5.75 Å². The van der Waals surface area contributed by atoms with E-state index in [2.05, 4.69) is 27.9 Å². The predicted molar refractivity (Wildman–Crippen MR) is 86.9 cm³/mol. The van der Waals surface area contributed by atoms with E-state index in [0.29, 0.717) is 0 Å². The molecule has 0 atom stereocenters. The van der Waals surface area contributed by atoms with Gasteiger partial charge in [-0.25, -0.2) is 0 Å². The van der Waals surface area contributed by atoms with Gasteiger partial charge in [0.05, 0.1) is 12.1 Å². The lowest BCUT2D eigenvalue weighted by atomic mass is 10.0. The highest BCUT2D eigenvalue weighted by Gasteiger charge is 2.28. The second kappa shape index (κ2) is 7.08. The number of amides is 2. The predicted octanol–water partition coefficient (Wildman–Crippen LogP) is 0.676. The SMILES string of the molecule is NC(=O)CN(C(=O)c1cc(I)ccc1O)C1CCNCC1. The molecule has 2 amide bonds. The van der Waals surface area contributed by atoms with E-state index in [4.69, 9.17) is 5.73 Å². The normalized spacial score (nSPS) is 15.7. The Hall–Kier alpha value is -1.35. The molecule has 1 fully saturated rings. The van der Waals surface area contributed by atoms with Crippen molar-refractivity contribution in [3.05, 3.63) is 27.3 Å². The van der Waals surface area contributed by atoms with Crippen LogP contribution in [0.5, 0.6) is 5.75 Å². The van der Waals surface area contributed by atoms with Gasteiger partial charge in [0, 0.05) is 9.61 Å². The first kappa shape index (κ1) is 16.0. The summed E-state index contributed by atoms with van der Waals surface area (Å²) in [6, 6.07) is 4.78. The quantitative estimate of drug-likeness (QED) is 0.645. The third-order valence-corrected chi connectivity index (χ3v) is 4.20. The van der Waals surface area contributed by atoms with Gasteiger partial charge in [-0.05, 0) is 66.7 Å². The van der Waals surface area contributed by atoms with Gasteiger partial charge in [-0.15, -0.1) is 0 Å². The highest BCUT2D eigenvalue weighted by Crippen LogP contribution is 2.23. The van der Waals surface area contributed by atoms with Gasteiger partial charge in [0.1, 0.15) is 5.75 Å². The Morgan fingerprint density at radius 1 is 1.38 bits per heavy atom. The van der Waals surface area contributed by atoms with Crippen molar-refractivity contribution in [3.63, 3.8) is 0 Å². The van der Waals surface area contributed by atoms with Crippen molar-refractivity contribution >= 4 is 34.4 Å². The molecule has 0 aromatic heterocycles. The maximum absolute atomic E-state index is 12.7. The minimum Gasteiger partial charge on any atom is -0.507 e. The van der Waals surface area contributed by atoms with E-state index in [1.54, 1.807) is 12.1 Å². The molecule has 2 rings (SSSR count). The van der Waals surface area contributed by atoms with E-state index in [9.17, 15) is 14.7 Å². The van der Waals surface area contributed by atoms with Crippen molar-refractivity contribution in [2.24, 2.45) is 5.73 Å². The molecule has 1 aliphatic rings. The average molecular weight is 403 g/mol. The summed E-state index contributed by atoms with van der Waals surface area (Å²) in [5, 5.41) is 13.1. The van der Waals surface area contributed by atoms with Gasteiger partial charge in [0.25, 0.3) is 5.91 Å². The van der Waals surface area contributed by atoms with Gasteiger partial charge in [0.15, 0.2) is 0 Å². The third kappa shape index (κ3) is 4.07. The van der Waals surface area contributed by atoms with Crippen LogP contribution in [0.1, 0.15) is 23.2 Å². The number of carbonyl (C=O) groups is 2. The lowest BCUT2D eigenvalue weighted by molar-refractivity contribution is -0.119. The first-order valence-corrected chi connectivity index (χ1v) is 7.85. The van der Waals surface area contributed by atoms with Crippen LogP contribution in [0.3, 0.4) is 0 Å². The number of piperidine rings is 1. The molecule has 6 nitrogen and oxygen atoms in total. The van der Waals surface area contributed by atoms with Crippen LogP contribution in [-0.4, -0.2) is 47.5 Å². The number of phenolic OH excluding ortho intramolecular Hbond substituents is 1. The van der Waals surface area contributed by atoms with E-state index >= 15 is 0 Å². The Morgan fingerprint density at radius 2 is 2.05 bits per heavy atom. The van der Waals surface area contributed by atoms with Crippen LogP contribution in [0.15, 0.2) is 18.2 Å². The number of carbonyl (C=O) groups excluding carboxylic acids is 2. The number of hydrogen-bond acceptors (Lipinski definition) is 4. The summed E-state index contributed by atoms with van der Waals surface area (Å²) in [6.07, 6.45) is 1.54. The van der Waals surface area contributed by atoms with E-state index in [1.165, 1.54) is 11.0 Å². The number of hydrogen-bond donors (Lipinski definition) is 3. The molecular weight excluding hydrogens is 385 g/mol. The Labute approximate surface area is 136 Å². The summed E-state index contributed by atoms with van der Waals surface area (Å²) in [5.74, 6) is -0.979. The summed E-state index contributed by atoms with van der Waals surface area (Å²) in [5.41, 5.74) is 5.48. The molecule has 0 saturated carbocycles. The number of halogens is 1. The number of nitrogens with zero attached hydrogens (tertiary/aromatic N) is 1. The molecule has 0 aliphatic carbocycles. The van der Waals surface area contributed by atoms with Gasteiger partial charge < -0.3 is 21.1 Å². The number of aromatic hydroxyl groups is 1. The summed E-state index contributed by atoms with van der Waals surface area (Å²) in [7, 11) is 0. The highest BCUT2D eigenvalue weighted by atomic mass is 127. The summed E-state index contributed by atoms with van der Waals surface area (Å²) < 4.78 is 0.845. The van der Waals surface area contributed by atoms with Crippen molar-refractivity contribution in [1.29, 1.82) is 0 Å². The summed E-state index contributed by atoms with van der Waals surface area (Å²) in [4.78, 5) is 25.5. The molecule has 114 valence electrons. The zero-order chi connectivity index (χ0) is 15.4. The third-order valence-electron chi connectivity index (χ3n) is 3.53. The van der Waals surface area contributed by atoms with Gasteiger partial charge in [-0.3, -0.25) is 9.59 Å². The van der Waals surface area contributed by atoms with Crippen LogP contribution < -0.4 is 11.1 Å². The lowest BCUT2D eigenvalue weighted by Crippen LogP contribution is -2.49. The molecule has 21 heavy (non-hydrogen) atoms. The smallest absolute Gasteiger partial charge is 0.258 e. The topological polar surface area (TPSA) is 95.7 Å². The molecular formula is C14H18IN3O3. The standard InChI is InChI=1S/C14H18IN3O3/c15-9-1-2-12(19)11(7-9)14(21)18(8-13(16)20)10-3-5-17-6-4-10/h1-2,7,10,17,19H,3-6,8H2,(H2,16,20). The Morgan fingerprint density at radius 3 is 2.67 bits per heavy atom. The van der Waals surface area contributed by atoms with Crippen LogP contribution in [0.25, 0.3) is 0 Å². The average Bonchev–Trinajstić information content (AvgIpc) is 2.47. The number of primary amides is 1. The van der Waals surface area contributed by atoms with Crippen molar-refractivity contribution in [1.82, 2.24) is 10.2 Å². The van der Waals surface area contributed by atoms with Crippen LogP contribution in [0.4, 0.5) is 0 Å². The number of benzene rings is 1. The summed E-state index contributed by atoms with van der Waals surface area (Å²) in [6.45, 7) is 1.46. The maximum Gasteiger partial charge on any atom is 0.258 e. The van der Waals surface area contributed by atoms with Crippen molar-refractivity contribution in [2.45, 2.75) is 18.9 Å². The fraction of sp³-hybridized carbons (Fsp3) is 0.429. The number of nitrogens with one attached hydrogen (secondary N) is 1. The lowest BCUT2D eigenvalue weighted by Gasteiger charge is -2.34. The van der Waals surface area contributed by atoms with E-state index in [-0.39, 0.29) is 29.8 Å². The molecule has 4 N–H and O–H groups in total. The minimum atomic E-state index is -0.549.